The standard InChI is InChI=1S/C25H26N2O4/c1-6-31-25(29)19-9-11-22(12-10-19)27-17(3)13-21(18(27)4)15-26-23-14-20(24(28)30-5)8-7-16(23)2/h7-15H,6H2,1-5H3. The summed E-state index contributed by atoms with van der Waals surface area (Å²) in [6.07, 6.45) is 1.80. The number of aryl methyl sites for hydroxylation is 2. The van der Waals surface area contributed by atoms with Crippen LogP contribution < -0.4 is 0 Å². The summed E-state index contributed by atoms with van der Waals surface area (Å²) >= 11 is 0. The van der Waals surface area contributed by atoms with Gasteiger partial charge in [-0.15, -0.1) is 0 Å². The number of aromatic nitrogens is 1. The van der Waals surface area contributed by atoms with E-state index in [0.717, 1.165) is 28.2 Å². The Morgan fingerprint density at radius 3 is 2.29 bits per heavy atom. The predicted octanol–water partition coefficient (Wildman–Crippen LogP) is 5.12. The van der Waals surface area contributed by atoms with Gasteiger partial charge in [-0.3, -0.25) is 4.99 Å². The van der Waals surface area contributed by atoms with Crippen LogP contribution in [0.5, 0.6) is 0 Å². The lowest BCUT2D eigenvalue weighted by atomic mass is 10.1. The first-order chi connectivity index (χ1) is 14.8. The van der Waals surface area contributed by atoms with Crippen LogP contribution in [0, 0.1) is 20.8 Å². The third kappa shape index (κ3) is 4.74. The van der Waals surface area contributed by atoms with Gasteiger partial charge in [-0.1, -0.05) is 6.07 Å². The molecule has 31 heavy (non-hydrogen) atoms. The minimum absolute atomic E-state index is 0.327. The van der Waals surface area contributed by atoms with Gasteiger partial charge in [0, 0.05) is 28.9 Å². The number of rotatable bonds is 6. The SMILES string of the molecule is CCOC(=O)c1ccc(-n2c(C)cc(C=Nc3cc(C(=O)OC)ccc3C)c2C)cc1. The summed E-state index contributed by atoms with van der Waals surface area (Å²) in [5.41, 5.74) is 6.65. The summed E-state index contributed by atoms with van der Waals surface area (Å²) in [4.78, 5) is 28.3. The fourth-order valence-corrected chi connectivity index (χ4v) is 3.41. The van der Waals surface area contributed by atoms with Crippen LogP contribution in [0.4, 0.5) is 5.69 Å². The van der Waals surface area contributed by atoms with Gasteiger partial charge in [-0.25, -0.2) is 9.59 Å². The van der Waals surface area contributed by atoms with Gasteiger partial charge in [-0.2, -0.15) is 0 Å². The summed E-state index contributed by atoms with van der Waals surface area (Å²) in [7, 11) is 1.36. The van der Waals surface area contributed by atoms with Crippen LogP contribution >= 0.6 is 0 Å². The van der Waals surface area contributed by atoms with Crippen LogP contribution in [-0.2, 0) is 9.47 Å². The first-order valence-corrected chi connectivity index (χ1v) is 10.0. The maximum atomic E-state index is 11.9. The molecule has 0 spiro atoms. The van der Waals surface area contributed by atoms with Crippen molar-refractivity contribution in [2.45, 2.75) is 27.7 Å². The topological polar surface area (TPSA) is 69.9 Å². The number of hydrogen-bond donors (Lipinski definition) is 0. The van der Waals surface area contributed by atoms with Crippen LogP contribution in [0.2, 0.25) is 0 Å². The first kappa shape index (κ1) is 22.0. The molecule has 1 heterocycles. The fraction of sp³-hybridized carbons (Fsp3) is 0.240. The lowest BCUT2D eigenvalue weighted by Crippen LogP contribution is -2.05. The van der Waals surface area contributed by atoms with E-state index >= 15 is 0 Å². The van der Waals surface area contributed by atoms with E-state index in [1.54, 1.807) is 37.4 Å². The fourth-order valence-electron chi connectivity index (χ4n) is 3.41. The Labute approximate surface area is 182 Å². The Balaban J connectivity index is 1.90. The van der Waals surface area contributed by atoms with Gasteiger partial charge in [0.25, 0.3) is 0 Å². The highest BCUT2D eigenvalue weighted by molar-refractivity contribution is 5.91. The van der Waals surface area contributed by atoms with Crippen molar-refractivity contribution in [3.8, 4) is 5.69 Å². The zero-order chi connectivity index (χ0) is 22.5. The van der Waals surface area contributed by atoms with Gasteiger partial charge in [-0.05, 0) is 75.7 Å². The first-order valence-electron chi connectivity index (χ1n) is 10.0. The van der Waals surface area contributed by atoms with Gasteiger partial charge >= 0.3 is 11.9 Å². The summed E-state index contributed by atoms with van der Waals surface area (Å²) in [5, 5.41) is 0. The monoisotopic (exact) mass is 418 g/mol. The predicted molar refractivity (Wildman–Crippen MR) is 121 cm³/mol. The minimum atomic E-state index is -0.388. The quantitative estimate of drug-likeness (QED) is 0.412. The smallest absolute Gasteiger partial charge is 0.338 e. The molecule has 6 nitrogen and oxygen atoms in total. The number of carbonyl (C=O) groups excluding carboxylic acids is 2. The second-order valence-corrected chi connectivity index (χ2v) is 7.18. The third-order valence-corrected chi connectivity index (χ3v) is 5.08. The maximum absolute atomic E-state index is 11.9. The Kier molecular flexibility index (Phi) is 6.70. The molecule has 6 heteroatoms. The van der Waals surface area contributed by atoms with Gasteiger partial charge in [0.05, 0.1) is 30.5 Å². The van der Waals surface area contributed by atoms with E-state index in [4.69, 9.17) is 9.47 Å². The number of carbonyl (C=O) groups is 2. The number of benzene rings is 2. The van der Waals surface area contributed by atoms with E-state index in [2.05, 4.69) is 15.6 Å². The summed E-state index contributed by atoms with van der Waals surface area (Å²) < 4.78 is 11.9. The highest BCUT2D eigenvalue weighted by Crippen LogP contribution is 2.24. The molecule has 0 amide bonds. The average Bonchev–Trinajstić information content (AvgIpc) is 3.05. The number of nitrogens with zero attached hydrogens (tertiary/aromatic N) is 2. The molecule has 0 atom stereocenters. The van der Waals surface area contributed by atoms with Crippen molar-refractivity contribution in [3.05, 3.63) is 82.2 Å². The molecule has 0 radical (unpaired) electrons. The van der Waals surface area contributed by atoms with Crippen molar-refractivity contribution in [2.75, 3.05) is 13.7 Å². The lowest BCUT2D eigenvalue weighted by molar-refractivity contribution is 0.0525. The number of ether oxygens (including phenoxy) is 2. The highest BCUT2D eigenvalue weighted by Gasteiger charge is 2.12. The molecule has 0 fully saturated rings. The van der Waals surface area contributed by atoms with Crippen LogP contribution in [0.1, 0.15) is 50.2 Å². The Morgan fingerprint density at radius 2 is 1.65 bits per heavy atom. The largest absolute Gasteiger partial charge is 0.465 e. The number of hydrogen-bond acceptors (Lipinski definition) is 5. The number of methoxy groups -OCH3 is 1. The molecule has 2 aromatic carbocycles. The molecule has 3 rings (SSSR count). The minimum Gasteiger partial charge on any atom is -0.465 e. The molecule has 0 N–H and O–H groups in total. The second kappa shape index (κ2) is 9.43. The molecule has 0 saturated carbocycles. The zero-order valence-corrected chi connectivity index (χ0v) is 18.4. The maximum Gasteiger partial charge on any atom is 0.338 e. The van der Waals surface area contributed by atoms with Gasteiger partial charge < -0.3 is 14.0 Å². The molecule has 0 aliphatic heterocycles. The highest BCUT2D eigenvalue weighted by atomic mass is 16.5. The van der Waals surface area contributed by atoms with E-state index < -0.39 is 0 Å². The van der Waals surface area contributed by atoms with Crippen molar-refractivity contribution >= 4 is 23.8 Å². The van der Waals surface area contributed by atoms with Crippen LogP contribution in [0.3, 0.4) is 0 Å². The van der Waals surface area contributed by atoms with Crippen molar-refractivity contribution in [1.29, 1.82) is 0 Å². The Bertz CT molecular complexity index is 1140. The molecule has 0 unspecified atom stereocenters. The lowest BCUT2D eigenvalue weighted by Gasteiger charge is -2.10. The average molecular weight is 418 g/mol. The van der Waals surface area contributed by atoms with Crippen LogP contribution in [0.25, 0.3) is 5.69 Å². The van der Waals surface area contributed by atoms with E-state index in [1.165, 1.54) is 7.11 Å². The number of esters is 2. The Morgan fingerprint density at radius 1 is 0.968 bits per heavy atom. The normalized spacial score (nSPS) is 11.0. The molecule has 1 aromatic heterocycles. The summed E-state index contributed by atoms with van der Waals surface area (Å²) in [6, 6.07) is 14.7. The Hall–Kier alpha value is -3.67. The van der Waals surface area contributed by atoms with Crippen molar-refractivity contribution in [2.24, 2.45) is 4.99 Å². The molecular formula is C25H26N2O4. The van der Waals surface area contributed by atoms with Crippen molar-refractivity contribution in [3.63, 3.8) is 0 Å². The molecule has 0 saturated heterocycles. The van der Waals surface area contributed by atoms with Gasteiger partial charge in [0.2, 0.25) is 0 Å². The molecular weight excluding hydrogens is 392 g/mol. The van der Waals surface area contributed by atoms with E-state index in [0.29, 0.717) is 23.4 Å². The van der Waals surface area contributed by atoms with Crippen molar-refractivity contribution in [1.82, 2.24) is 4.57 Å². The molecule has 0 bridgehead atoms. The molecule has 3 aromatic rings. The third-order valence-electron chi connectivity index (χ3n) is 5.08. The molecule has 0 aliphatic carbocycles. The molecule has 0 aliphatic rings. The van der Waals surface area contributed by atoms with Gasteiger partial charge in [0.1, 0.15) is 0 Å². The van der Waals surface area contributed by atoms with Crippen LogP contribution in [0.15, 0.2) is 53.5 Å². The zero-order valence-electron chi connectivity index (χ0n) is 18.4. The van der Waals surface area contributed by atoms with Crippen LogP contribution in [-0.4, -0.2) is 36.4 Å². The van der Waals surface area contributed by atoms with E-state index in [-0.39, 0.29) is 11.9 Å². The molecule has 160 valence electrons. The second-order valence-electron chi connectivity index (χ2n) is 7.18. The van der Waals surface area contributed by atoms with Gasteiger partial charge in [0.15, 0.2) is 0 Å². The van der Waals surface area contributed by atoms with E-state index in [9.17, 15) is 9.59 Å². The summed E-state index contributed by atoms with van der Waals surface area (Å²) in [6.45, 7) is 8.12. The van der Waals surface area contributed by atoms with E-state index in [1.807, 2.05) is 39.0 Å². The van der Waals surface area contributed by atoms with Crippen molar-refractivity contribution < 1.29 is 19.1 Å². The number of aliphatic imine (C=N–C) groups is 1. The summed E-state index contributed by atoms with van der Waals surface area (Å²) in [5.74, 6) is -0.715.